The Kier molecular flexibility index (Phi) is 7.15. The minimum Gasteiger partial charge on any atom is -0.462 e. The molecule has 1 unspecified atom stereocenters. The van der Waals surface area contributed by atoms with Crippen molar-refractivity contribution in [2.75, 3.05) is 23.7 Å². The Morgan fingerprint density at radius 3 is 2.59 bits per heavy atom. The van der Waals surface area contributed by atoms with Crippen molar-refractivity contribution >= 4 is 32.6 Å². The number of terminal acetylenes is 1. The summed E-state index contributed by atoms with van der Waals surface area (Å²) in [6.07, 6.45) is 6.39. The molecule has 0 aliphatic rings. The Morgan fingerprint density at radius 1 is 1.35 bits per heavy atom. The third-order valence-corrected chi connectivity index (χ3v) is 6.13. The van der Waals surface area contributed by atoms with Crippen LogP contribution in [0.15, 0.2) is 45.9 Å². The van der Waals surface area contributed by atoms with Crippen LogP contribution < -0.4 is 4.31 Å². The van der Waals surface area contributed by atoms with Crippen LogP contribution in [-0.4, -0.2) is 33.8 Å². The second-order valence-electron chi connectivity index (χ2n) is 7.30. The van der Waals surface area contributed by atoms with Crippen molar-refractivity contribution < 1.29 is 26.8 Å². The van der Waals surface area contributed by atoms with Crippen LogP contribution in [0.4, 0.5) is 10.1 Å². The maximum atomic E-state index is 13.5. The van der Waals surface area contributed by atoms with Gasteiger partial charge in [0.15, 0.2) is 0 Å². The van der Waals surface area contributed by atoms with Crippen molar-refractivity contribution in [3.8, 4) is 23.7 Å². The first-order valence-corrected chi connectivity index (χ1v) is 12.0. The fourth-order valence-electron chi connectivity index (χ4n) is 3.51. The Balaban J connectivity index is 2.42. The minimum atomic E-state index is -3.82. The van der Waals surface area contributed by atoms with E-state index in [1.165, 1.54) is 36.4 Å². The highest BCUT2D eigenvalue weighted by atomic mass is 32.2. The van der Waals surface area contributed by atoms with Gasteiger partial charge in [-0.05, 0) is 48.4 Å². The molecule has 1 heterocycles. The molecule has 0 fully saturated rings. The monoisotopic (exact) mass is 484 g/mol. The molecular formula is C23H21FN4O5S. The molecule has 1 aromatic heterocycles. The van der Waals surface area contributed by atoms with E-state index in [0.717, 1.165) is 10.6 Å². The second kappa shape index (κ2) is 9.87. The molecule has 1 atom stereocenters. The Hall–Kier alpha value is -4.00. The summed E-state index contributed by atoms with van der Waals surface area (Å²) in [4.78, 5) is 15.7. The lowest BCUT2D eigenvalue weighted by Crippen LogP contribution is -2.31. The fraction of sp³-hybridized carbons (Fsp3) is 0.261. The van der Waals surface area contributed by atoms with Gasteiger partial charge in [-0.25, -0.2) is 17.6 Å². The molecule has 34 heavy (non-hydrogen) atoms. The van der Waals surface area contributed by atoms with E-state index in [2.05, 4.69) is 15.9 Å². The maximum Gasteiger partial charge on any atom is 0.342 e. The van der Waals surface area contributed by atoms with Gasteiger partial charge in [0, 0.05) is 21.9 Å². The lowest BCUT2D eigenvalue weighted by atomic mass is 10.00. The van der Waals surface area contributed by atoms with E-state index in [-0.39, 0.29) is 35.7 Å². The molecule has 176 valence electrons. The number of sulfonamides is 1. The number of azide groups is 1. The van der Waals surface area contributed by atoms with Crippen LogP contribution >= 0.6 is 0 Å². The van der Waals surface area contributed by atoms with Crippen molar-refractivity contribution in [3.63, 3.8) is 0 Å². The Labute approximate surface area is 195 Å². The van der Waals surface area contributed by atoms with Gasteiger partial charge in [-0.15, -0.1) is 6.42 Å². The quantitative estimate of drug-likeness (QED) is 0.143. The topological polar surface area (TPSA) is 126 Å². The van der Waals surface area contributed by atoms with Gasteiger partial charge in [-0.1, -0.05) is 18.0 Å². The molecule has 0 saturated heterocycles. The largest absolute Gasteiger partial charge is 0.462 e. The number of hydrogen-bond acceptors (Lipinski definition) is 6. The summed E-state index contributed by atoms with van der Waals surface area (Å²) < 4.78 is 50.6. The number of esters is 1. The average molecular weight is 485 g/mol. The van der Waals surface area contributed by atoms with Crippen molar-refractivity contribution in [1.82, 2.24) is 0 Å². The number of hydrogen-bond donors (Lipinski definition) is 0. The standard InChI is InChI=1S/C23H21FN4O5S/c1-5-11-28(34(4,30)31)19-13-20-18(12-17(19)14(3)26-27-25)21(23(29)32-6-2)22(33-20)15-7-9-16(24)10-8-15/h1,7-10,12-14H,6,11H2,2-4H3. The van der Waals surface area contributed by atoms with E-state index in [4.69, 9.17) is 21.1 Å². The maximum absolute atomic E-state index is 13.5. The summed E-state index contributed by atoms with van der Waals surface area (Å²) in [6, 6.07) is 7.45. The van der Waals surface area contributed by atoms with E-state index in [1.807, 2.05) is 0 Å². The Bertz CT molecular complexity index is 1430. The van der Waals surface area contributed by atoms with Gasteiger partial charge in [0.25, 0.3) is 0 Å². The van der Waals surface area contributed by atoms with Crippen molar-refractivity contribution in [3.05, 3.63) is 63.8 Å². The number of benzene rings is 2. The molecule has 0 saturated carbocycles. The summed E-state index contributed by atoms with van der Waals surface area (Å²) in [5.41, 5.74) is 10.1. The second-order valence-corrected chi connectivity index (χ2v) is 9.20. The summed E-state index contributed by atoms with van der Waals surface area (Å²) in [5, 5.41) is 4.00. The SMILES string of the molecule is C#CCN(c1cc2oc(-c3ccc(F)cc3)c(C(=O)OCC)c2cc1C(C)N=[N+]=[N-])S(C)(=O)=O. The highest BCUT2D eigenvalue weighted by Crippen LogP contribution is 2.40. The number of furan rings is 1. The lowest BCUT2D eigenvalue weighted by molar-refractivity contribution is 0.0528. The van der Waals surface area contributed by atoms with Crippen LogP contribution in [-0.2, 0) is 14.8 Å². The minimum absolute atomic E-state index is 0.0762. The van der Waals surface area contributed by atoms with E-state index >= 15 is 0 Å². The first kappa shape index (κ1) is 24.6. The van der Waals surface area contributed by atoms with Crippen LogP contribution in [0.1, 0.15) is 35.8 Å². The van der Waals surface area contributed by atoms with Crippen molar-refractivity contribution in [2.45, 2.75) is 19.9 Å². The zero-order valence-corrected chi connectivity index (χ0v) is 19.5. The molecule has 0 radical (unpaired) electrons. The summed E-state index contributed by atoms with van der Waals surface area (Å²) in [5.74, 6) is 1.28. The highest BCUT2D eigenvalue weighted by Gasteiger charge is 2.28. The van der Waals surface area contributed by atoms with Gasteiger partial charge >= 0.3 is 5.97 Å². The van der Waals surface area contributed by atoms with Gasteiger partial charge in [-0.2, -0.15) is 0 Å². The number of carbonyl (C=O) groups excluding carboxylic acids is 1. The first-order chi connectivity index (χ1) is 16.1. The summed E-state index contributed by atoms with van der Waals surface area (Å²) >= 11 is 0. The predicted molar refractivity (Wildman–Crippen MR) is 126 cm³/mol. The zero-order valence-electron chi connectivity index (χ0n) is 18.6. The number of anilines is 1. The van der Waals surface area contributed by atoms with Crippen LogP contribution in [0.2, 0.25) is 0 Å². The molecule has 0 aliphatic carbocycles. The third-order valence-electron chi connectivity index (χ3n) is 5.00. The number of carbonyl (C=O) groups is 1. The molecule has 0 N–H and O–H groups in total. The van der Waals surface area contributed by atoms with Crippen LogP contribution in [0.5, 0.6) is 0 Å². The molecule has 0 spiro atoms. The molecule has 0 bridgehead atoms. The number of rotatable bonds is 8. The molecular weight excluding hydrogens is 463 g/mol. The van der Waals surface area contributed by atoms with Crippen molar-refractivity contribution in [1.29, 1.82) is 0 Å². The van der Waals surface area contributed by atoms with Crippen LogP contribution in [0.25, 0.3) is 32.7 Å². The van der Waals surface area contributed by atoms with Crippen molar-refractivity contribution in [2.24, 2.45) is 5.11 Å². The predicted octanol–water partition coefficient (Wildman–Crippen LogP) is 5.19. The lowest BCUT2D eigenvalue weighted by Gasteiger charge is -2.24. The van der Waals surface area contributed by atoms with Gasteiger partial charge in [-0.3, -0.25) is 4.31 Å². The van der Waals surface area contributed by atoms with Gasteiger partial charge < -0.3 is 9.15 Å². The van der Waals surface area contributed by atoms with E-state index < -0.39 is 27.9 Å². The third kappa shape index (κ3) is 4.83. The number of ether oxygens (including phenoxy) is 1. The molecule has 11 heteroatoms. The van der Waals surface area contributed by atoms with E-state index in [0.29, 0.717) is 16.5 Å². The summed E-state index contributed by atoms with van der Waals surface area (Å²) in [6.45, 7) is 3.04. The number of halogens is 1. The molecule has 9 nitrogen and oxygen atoms in total. The summed E-state index contributed by atoms with van der Waals surface area (Å²) in [7, 11) is -3.82. The zero-order chi connectivity index (χ0) is 25.0. The number of nitrogens with zero attached hydrogens (tertiary/aromatic N) is 4. The molecule has 3 rings (SSSR count). The molecule has 2 aromatic carbocycles. The van der Waals surface area contributed by atoms with Gasteiger partial charge in [0.2, 0.25) is 10.0 Å². The van der Waals surface area contributed by atoms with Crippen LogP contribution in [0.3, 0.4) is 0 Å². The number of fused-ring (bicyclic) bond motifs is 1. The molecule has 0 aliphatic heterocycles. The fourth-order valence-corrected chi connectivity index (χ4v) is 4.34. The normalized spacial score (nSPS) is 12.0. The van der Waals surface area contributed by atoms with Gasteiger partial charge in [0.1, 0.15) is 22.7 Å². The van der Waals surface area contributed by atoms with Crippen LogP contribution in [0, 0.1) is 18.2 Å². The van der Waals surface area contributed by atoms with E-state index in [1.54, 1.807) is 13.8 Å². The Morgan fingerprint density at radius 2 is 2.03 bits per heavy atom. The molecule has 3 aromatic rings. The van der Waals surface area contributed by atoms with E-state index in [9.17, 15) is 17.6 Å². The van der Waals surface area contributed by atoms with Gasteiger partial charge in [0.05, 0.1) is 31.1 Å². The smallest absolute Gasteiger partial charge is 0.342 e. The average Bonchev–Trinajstić information content (AvgIpc) is 3.15. The first-order valence-electron chi connectivity index (χ1n) is 10.1. The molecule has 0 amide bonds. The highest BCUT2D eigenvalue weighted by molar-refractivity contribution is 7.92.